The Hall–Kier alpha value is -2.29. The van der Waals surface area contributed by atoms with Crippen LogP contribution in [0.3, 0.4) is 0 Å². The molecule has 3 nitrogen and oxygen atoms in total. The molecule has 0 aliphatic rings. The number of nitrogens with zero attached hydrogens (tertiary/aromatic N) is 2. The van der Waals surface area contributed by atoms with Crippen molar-refractivity contribution >= 4 is 11.5 Å². The maximum absolute atomic E-state index is 11.9. The molecule has 0 N–H and O–H groups in total. The highest BCUT2D eigenvalue weighted by Crippen LogP contribution is 2.02. The Morgan fingerprint density at radius 3 is 2.50 bits per heavy atom. The third-order valence-corrected chi connectivity index (χ3v) is 2.59. The fourth-order valence-electron chi connectivity index (χ4n) is 1.56. The SMILES string of the molecule is CC(=NCC(=O)c1ccccc1)c1ccccn1. The molecule has 0 aliphatic carbocycles. The molecule has 0 amide bonds. The van der Waals surface area contributed by atoms with E-state index in [-0.39, 0.29) is 12.3 Å². The molecule has 0 aliphatic heterocycles. The van der Waals surface area contributed by atoms with Crippen LogP contribution in [-0.4, -0.2) is 23.0 Å². The van der Waals surface area contributed by atoms with Crippen LogP contribution in [0.1, 0.15) is 23.0 Å². The van der Waals surface area contributed by atoms with E-state index in [1.165, 1.54) is 0 Å². The summed E-state index contributed by atoms with van der Waals surface area (Å²) in [7, 11) is 0. The van der Waals surface area contributed by atoms with Gasteiger partial charge in [0.15, 0.2) is 5.78 Å². The molecular formula is C15H14N2O. The van der Waals surface area contributed by atoms with Gasteiger partial charge in [0, 0.05) is 11.8 Å². The zero-order chi connectivity index (χ0) is 12.8. The monoisotopic (exact) mass is 238 g/mol. The molecule has 0 spiro atoms. The van der Waals surface area contributed by atoms with E-state index in [0.29, 0.717) is 5.56 Å². The van der Waals surface area contributed by atoms with Gasteiger partial charge in [-0.3, -0.25) is 14.8 Å². The zero-order valence-corrected chi connectivity index (χ0v) is 10.2. The maximum Gasteiger partial charge on any atom is 0.184 e. The number of aliphatic imine (C=N–C) groups is 1. The van der Waals surface area contributed by atoms with Crippen molar-refractivity contribution in [2.24, 2.45) is 4.99 Å². The highest BCUT2D eigenvalue weighted by Gasteiger charge is 2.04. The van der Waals surface area contributed by atoms with Crippen molar-refractivity contribution in [3.8, 4) is 0 Å². The molecule has 2 rings (SSSR count). The average molecular weight is 238 g/mol. The lowest BCUT2D eigenvalue weighted by molar-refractivity contribution is 0.100. The second kappa shape index (κ2) is 5.87. The van der Waals surface area contributed by atoms with Gasteiger partial charge >= 0.3 is 0 Å². The van der Waals surface area contributed by atoms with Crippen LogP contribution in [0.15, 0.2) is 59.7 Å². The first-order chi connectivity index (χ1) is 8.77. The van der Waals surface area contributed by atoms with E-state index in [4.69, 9.17) is 0 Å². The van der Waals surface area contributed by atoms with Crippen molar-refractivity contribution in [1.29, 1.82) is 0 Å². The van der Waals surface area contributed by atoms with Gasteiger partial charge in [0.25, 0.3) is 0 Å². The number of ketones is 1. The van der Waals surface area contributed by atoms with Crippen molar-refractivity contribution in [3.05, 3.63) is 66.0 Å². The molecule has 0 radical (unpaired) electrons. The molecule has 0 saturated heterocycles. The highest BCUT2D eigenvalue weighted by atomic mass is 16.1. The zero-order valence-electron chi connectivity index (χ0n) is 10.2. The first kappa shape index (κ1) is 12.2. The van der Waals surface area contributed by atoms with Gasteiger partial charge in [-0.25, -0.2) is 0 Å². The molecule has 0 unspecified atom stereocenters. The summed E-state index contributed by atoms with van der Waals surface area (Å²) >= 11 is 0. The summed E-state index contributed by atoms with van der Waals surface area (Å²) in [5.41, 5.74) is 2.27. The molecule has 90 valence electrons. The number of pyridine rings is 1. The molecule has 3 heteroatoms. The van der Waals surface area contributed by atoms with Crippen molar-refractivity contribution in [1.82, 2.24) is 4.98 Å². The second-order valence-electron chi connectivity index (χ2n) is 3.91. The fourth-order valence-corrected chi connectivity index (χ4v) is 1.56. The van der Waals surface area contributed by atoms with Crippen LogP contribution in [0.4, 0.5) is 0 Å². The predicted octanol–water partition coefficient (Wildman–Crippen LogP) is 2.77. The van der Waals surface area contributed by atoms with Crippen molar-refractivity contribution < 1.29 is 4.79 Å². The Morgan fingerprint density at radius 1 is 1.11 bits per heavy atom. The van der Waals surface area contributed by atoms with Gasteiger partial charge in [0.1, 0.15) is 6.54 Å². The van der Waals surface area contributed by atoms with Crippen molar-refractivity contribution in [2.45, 2.75) is 6.92 Å². The summed E-state index contributed by atoms with van der Waals surface area (Å²) in [4.78, 5) is 20.3. The Labute approximate surface area is 106 Å². The molecule has 1 heterocycles. The van der Waals surface area contributed by atoms with Crippen LogP contribution in [-0.2, 0) is 0 Å². The van der Waals surface area contributed by atoms with E-state index in [9.17, 15) is 4.79 Å². The van der Waals surface area contributed by atoms with E-state index >= 15 is 0 Å². The lowest BCUT2D eigenvalue weighted by Gasteiger charge is -2.00. The van der Waals surface area contributed by atoms with Crippen LogP contribution < -0.4 is 0 Å². The molecule has 1 aromatic carbocycles. The number of carbonyl (C=O) groups excluding carboxylic acids is 1. The van der Waals surface area contributed by atoms with Crippen molar-refractivity contribution in [2.75, 3.05) is 6.54 Å². The quantitative estimate of drug-likeness (QED) is 0.607. The summed E-state index contributed by atoms with van der Waals surface area (Å²) in [5.74, 6) is 0.0193. The smallest absolute Gasteiger partial charge is 0.184 e. The first-order valence-electron chi connectivity index (χ1n) is 5.78. The molecule has 0 bridgehead atoms. The van der Waals surface area contributed by atoms with Crippen LogP contribution >= 0.6 is 0 Å². The van der Waals surface area contributed by atoms with Gasteiger partial charge in [-0.15, -0.1) is 0 Å². The minimum Gasteiger partial charge on any atom is -0.292 e. The van der Waals surface area contributed by atoms with Gasteiger partial charge in [0.2, 0.25) is 0 Å². The van der Waals surface area contributed by atoms with Gasteiger partial charge in [-0.1, -0.05) is 36.4 Å². The molecule has 0 saturated carbocycles. The maximum atomic E-state index is 11.9. The third kappa shape index (κ3) is 3.10. The number of hydrogen-bond acceptors (Lipinski definition) is 3. The van der Waals surface area contributed by atoms with E-state index in [1.54, 1.807) is 18.3 Å². The average Bonchev–Trinajstić information content (AvgIpc) is 2.46. The minimum atomic E-state index is 0.0193. The fraction of sp³-hybridized carbons (Fsp3) is 0.133. The summed E-state index contributed by atoms with van der Waals surface area (Å²) < 4.78 is 0. The van der Waals surface area contributed by atoms with Crippen molar-refractivity contribution in [3.63, 3.8) is 0 Å². The van der Waals surface area contributed by atoms with E-state index < -0.39 is 0 Å². The van der Waals surface area contributed by atoms with Crippen LogP contribution in [0.25, 0.3) is 0 Å². The Kier molecular flexibility index (Phi) is 3.97. The molecular weight excluding hydrogens is 224 g/mol. The molecule has 2 aromatic rings. The van der Waals surface area contributed by atoms with Crippen LogP contribution in [0.2, 0.25) is 0 Å². The Morgan fingerprint density at radius 2 is 1.83 bits per heavy atom. The summed E-state index contributed by atoms with van der Waals surface area (Å²) in [6.07, 6.45) is 1.72. The van der Waals surface area contributed by atoms with Crippen LogP contribution in [0, 0.1) is 0 Å². The minimum absolute atomic E-state index is 0.0193. The molecule has 0 atom stereocenters. The lowest BCUT2D eigenvalue weighted by Crippen LogP contribution is -2.06. The van der Waals surface area contributed by atoms with Gasteiger partial charge < -0.3 is 0 Å². The molecule has 0 fully saturated rings. The number of benzene rings is 1. The summed E-state index contributed by atoms with van der Waals surface area (Å²) in [6.45, 7) is 2.02. The Balaban J connectivity index is 2.05. The molecule has 1 aromatic heterocycles. The largest absolute Gasteiger partial charge is 0.292 e. The van der Waals surface area contributed by atoms with Gasteiger partial charge in [-0.05, 0) is 19.1 Å². The molecule has 18 heavy (non-hydrogen) atoms. The normalized spacial score (nSPS) is 11.3. The van der Waals surface area contributed by atoms with E-state index in [2.05, 4.69) is 9.98 Å². The lowest BCUT2D eigenvalue weighted by atomic mass is 10.1. The van der Waals surface area contributed by atoms with E-state index in [1.807, 2.05) is 43.3 Å². The number of Topliss-reactive ketones (excluding diaryl/α,β-unsaturated/α-hetero) is 1. The summed E-state index contributed by atoms with van der Waals surface area (Å²) in [6, 6.07) is 14.8. The second-order valence-corrected chi connectivity index (χ2v) is 3.91. The number of hydrogen-bond donors (Lipinski definition) is 0. The number of carbonyl (C=O) groups is 1. The Bertz CT molecular complexity index is 547. The highest BCUT2D eigenvalue weighted by molar-refractivity contribution is 6.02. The number of rotatable bonds is 4. The van der Waals surface area contributed by atoms with E-state index in [0.717, 1.165) is 11.4 Å². The van der Waals surface area contributed by atoms with Crippen LogP contribution in [0.5, 0.6) is 0 Å². The summed E-state index contributed by atoms with van der Waals surface area (Å²) in [5, 5.41) is 0. The number of aromatic nitrogens is 1. The predicted molar refractivity (Wildman–Crippen MR) is 72.1 cm³/mol. The standard InChI is InChI=1S/C15H14N2O/c1-12(14-9-5-6-10-16-14)17-11-15(18)13-7-3-2-4-8-13/h2-10H,11H2,1H3. The topological polar surface area (TPSA) is 42.3 Å². The first-order valence-corrected chi connectivity index (χ1v) is 5.78. The third-order valence-electron chi connectivity index (χ3n) is 2.59. The van der Waals surface area contributed by atoms with Gasteiger partial charge in [0.05, 0.1) is 11.4 Å². The van der Waals surface area contributed by atoms with Gasteiger partial charge in [-0.2, -0.15) is 0 Å².